The summed E-state index contributed by atoms with van der Waals surface area (Å²) in [6.07, 6.45) is 3.66. The van der Waals surface area contributed by atoms with Gasteiger partial charge in [0.25, 0.3) is 5.91 Å². The summed E-state index contributed by atoms with van der Waals surface area (Å²) in [6, 6.07) is 18.5. The molecule has 0 saturated heterocycles. The molecule has 0 radical (unpaired) electrons. The van der Waals surface area contributed by atoms with Crippen molar-refractivity contribution in [1.29, 1.82) is 0 Å². The molecule has 0 fully saturated rings. The lowest BCUT2D eigenvalue weighted by Crippen LogP contribution is -2.40. The quantitative estimate of drug-likeness (QED) is 0.456. The Morgan fingerprint density at radius 1 is 1.17 bits per heavy atom. The van der Waals surface area contributed by atoms with Crippen molar-refractivity contribution in [2.75, 3.05) is 13.7 Å². The maximum absolute atomic E-state index is 13.8. The molecule has 2 aromatic carbocycles. The number of para-hydroxylation sites is 1. The number of fused-ring (bicyclic) bond motifs is 2. The maximum Gasteiger partial charge on any atom is 0.256 e. The Morgan fingerprint density at radius 3 is 2.90 bits per heavy atom. The van der Waals surface area contributed by atoms with Crippen LogP contribution < -0.4 is 4.74 Å². The van der Waals surface area contributed by atoms with Crippen LogP contribution in [0.3, 0.4) is 0 Å². The van der Waals surface area contributed by atoms with Crippen LogP contribution in [0.2, 0.25) is 0 Å². The molecular formula is C25H24N2O2S. The van der Waals surface area contributed by atoms with Crippen LogP contribution in [-0.2, 0) is 19.9 Å². The molecule has 0 saturated carbocycles. The Morgan fingerprint density at radius 2 is 2.03 bits per heavy atom. The third-order valence-electron chi connectivity index (χ3n) is 6.03. The Balaban J connectivity index is 1.54. The number of benzene rings is 2. The second-order valence-electron chi connectivity index (χ2n) is 7.80. The fourth-order valence-electron chi connectivity index (χ4n) is 4.52. The first-order chi connectivity index (χ1) is 14.7. The zero-order valence-corrected chi connectivity index (χ0v) is 18.0. The van der Waals surface area contributed by atoms with E-state index in [-0.39, 0.29) is 11.9 Å². The lowest BCUT2D eigenvalue weighted by Gasteiger charge is -2.36. The predicted molar refractivity (Wildman–Crippen MR) is 121 cm³/mol. The summed E-state index contributed by atoms with van der Waals surface area (Å²) in [5.74, 6) is 0.959. The number of aromatic nitrogens is 1. The molecule has 5 heteroatoms. The number of methoxy groups -OCH3 is 1. The molecule has 3 heterocycles. The summed E-state index contributed by atoms with van der Waals surface area (Å²) in [7, 11) is 3.69. The molecule has 1 amide bonds. The van der Waals surface area contributed by atoms with E-state index >= 15 is 0 Å². The number of carbonyl (C=O) groups excluding carboxylic acids is 1. The normalized spacial score (nSPS) is 15.9. The van der Waals surface area contributed by atoms with Crippen LogP contribution in [0, 0.1) is 0 Å². The molecule has 0 spiro atoms. The SMILES string of the molecule is COc1cccc(CC2c3sccc3CCN2C(=O)c2cn(C)c3ccccc23)c1. The first-order valence-electron chi connectivity index (χ1n) is 10.2. The van der Waals surface area contributed by atoms with Crippen molar-refractivity contribution in [1.82, 2.24) is 9.47 Å². The van der Waals surface area contributed by atoms with E-state index in [1.165, 1.54) is 16.0 Å². The Hall–Kier alpha value is -3.05. The van der Waals surface area contributed by atoms with Crippen molar-refractivity contribution >= 4 is 28.1 Å². The van der Waals surface area contributed by atoms with Gasteiger partial charge in [0.1, 0.15) is 5.75 Å². The van der Waals surface area contributed by atoms with Gasteiger partial charge in [0.2, 0.25) is 0 Å². The number of thiophene rings is 1. The molecule has 1 aliphatic heterocycles. The summed E-state index contributed by atoms with van der Waals surface area (Å²) in [6.45, 7) is 0.737. The maximum atomic E-state index is 13.8. The van der Waals surface area contributed by atoms with E-state index in [1.54, 1.807) is 18.4 Å². The number of rotatable bonds is 4. The number of aryl methyl sites for hydroxylation is 1. The number of carbonyl (C=O) groups is 1. The second kappa shape index (κ2) is 7.65. The van der Waals surface area contributed by atoms with Crippen molar-refractivity contribution in [2.45, 2.75) is 18.9 Å². The van der Waals surface area contributed by atoms with Gasteiger partial charge >= 0.3 is 0 Å². The summed E-state index contributed by atoms with van der Waals surface area (Å²) in [5, 5.41) is 3.16. The number of hydrogen-bond donors (Lipinski definition) is 0. The predicted octanol–water partition coefficient (Wildman–Crippen LogP) is 5.23. The summed E-state index contributed by atoms with van der Waals surface area (Å²) in [4.78, 5) is 17.1. The van der Waals surface area contributed by atoms with Gasteiger partial charge in [0.05, 0.1) is 18.7 Å². The molecule has 2 aromatic heterocycles. The van der Waals surface area contributed by atoms with Crippen LogP contribution in [0.5, 0.6) is 5.75 Å². The van der Waals surface area contributed by atoms with Crippen molar-refractivity contribution in [3.63, 3.8) is 0 Å². The Kier molecular flexibility index (Phi) is 4.83. The van der Waals surface area contributed by atoms with Gasteiger partial charge in [0.15, 0.2) is 0 Å². The van der Waals surface area contributed by atoms with Crippen molar-refractivity contribution < 1.29 is 9.53 Å². The van der Waals surface area contributed by atoms with Crippen LogP contribution in [0.15, 0.2) is 66.2 Å². The summed E-state index contributed by atoms with van der Waals surface area (Å²) < 4.78 is 7.45. The molecule has 1 atom stereocenters. The number of ether oxygens (including phenoxy) is 1. The van der Waals surface area contributed by atoms with Gasteiger partial charge in [-0.2, -0.15) is 0 Å². The standard InChI is InChI=1S/C25H24N2O2S/c1-26-16-21(20-8-3-4-9-22(20)26)25(28)27-12-10-18-11-13-30-24(18)23(27)15-17-6-5-7-19(14-17)29-2/h3-9,11,13-14,16,23H,10,12,15H2,1-2H3. The topological polar surface area (TPSA) is 34.5 Å². The Labute approximate surface area is 180 Å². The van der Waals surface area contributed by atoms with Gasteiger partial charge < -0.3 is 14.2 Å². The average molecular weight is 417 g/mol. The van der Waals surface area contributed by atoms with Gasteiger partial charge in [-0.25, -0.2) is 0 Å². The molecule has 1 aliphatic rings. The van der Waals surface area contributed by atoms with Gasteiger partial charge in [-0.1, -0.05) is 30.3 Å². The molecule has 4 aromatic rings. The van der Waals surface area contributed by atoms with Gasteiger partial charge in [-0.3, -0.25) is 4.79 Å². The molecule has 1 unspecified atom stereocenters. The number of amides is 1. The first kappa shape index (κ1) is 18.9. The van der Waals surface area contributed by atoms with Crippen LogP contribution >= 0.6 is 11.3 Å². The lowest BCUT2D eigenvalue weighted by atomic mass is 9.94. The van der Waals surface area contributed by atoms with Crippen LogP contribution in [0.1, 0.15) is 32.4 Å². The number of hydrogen-bond acceptors (Lipinski definition) is 3. The summed E-state index contributed by atoms with van der Waals surface area (Å²) in [5.41, 5.74) is 4.41. The Bertz CT molecular complexity index is 1220. The highest BCUT2D eigenvalue weighted by atomic mass is 32.1. The van der Waals surface area contributed by atoms with Gasteiger partial charge in [-0.05, 0) is 53.6 Å². The highest BCUT2D eigenvalue weighted by Crippen LogP contribution is 2.38. The van der Waals surface area contributed by atoms with E-state index in [0.29, 0.717) is 0 Å². The first-order valence-corrected chi connectivity index (χ1v) is 11.1. The fraction of sp³-hybridized carbons (Fsp3) is 0.240. The van der Waals surface area contributed by atoms with Crippen LogP contribution in [-0.4, -0.2) is 29.0 Å². The smallest absolute Gasteiger partial charge is 0.256 e. The van der Waals surface area contributed by atoms with Gasteiger partial charge in [0, 0.05) is 35.6 Å². The molecule has 4 nitrogen and oxygen atoms in total. The number of nitrogens with zero attached hydrogens (tertiary/aromatic N) is 2. The third-order valence-corrected chi connectivity index (χ3v) is 7.09. The van der Waals surface area contributed by atoms with E-state index in [1.807, 2.05) is 48.1 Å². The minimum Gasteiger partial charge on any atom is -0.497 e. The minimum atomic E-state index is 0.0346. The minimum absolute atomic E-state index is 0.0346. The van der Waals surface area contributed by atoms with Crippen molar-refractivity contribution in [2.24, 2.45) is 7.05 Å². The molecule has 0 N–H and O–H groups in total. The molecule has 152 valence electrons. The molecule has 30 heavy (non-hydrogen) atoms. The highest BCUT2D eigenvalue weighted by Gasteiger charge is 2.33. The van der Waals surface area contributed by atoms with Crippen molar-refractivity contribution in [3.8, 4) is 5.75 Å². The van der Waals surface area contributed by atoms with E-state index in [2.05, 4.69) is 34.5 Å². The molecule has 0 bridgehead atoms. The molecule has 0 aliphatic carbocycles. The summed E-state index contributed by atoms with van der Waals surface area (Å²) >= 11 is 1.76. The second-order valence-corrected chi connectivity index (χ2v) is 8.75. The van der Waals surface area contributed by atoms with Crippen LogP contribution in [0.4, 0.5) is 0 Å². The van der Waals surface area contributed by atoms with Crippen molar-refractivity contribution in [3.05, 3.63) is 87.7 Å². The van der Waals surface area contributed by atoms with E-state index in [0.717, 1.165) is 41.6 Å². The highest BCUT2D eigenvalue weighted by molar-refractivity contribution is 7.10. The fourth-order valence-corrected chi connectivity index (χ4v) is 5.59. The van der Waals surface area contributed by atoms with E-state index < -0.39 is 0 Å². The third kappa shape index (κ3) is 3.19. The van der Waals surface area contributed by atoms with Gasteiger partial charge in [-0.15, -0.1) is 11.3 Å². The largest absolute Gasteiger partial charge is 0.497 e. The zero-order valence-electron chi connectivity index (χ0n) is 17.2. The zero-order chi connectivity index (χ0) is 20.7. The van der Waals surface area contributed by atoms with E-state index in [9.17, 15) is 4.79 Å². The monoisotopic (exact) mass is 416 g/mol. The molecular weight excluding hydrogens is 392 g/mol. The van der Waals surface area contributed by atoms with Crippen LogP contribution in [0.25, 0.3) is 10.9 Å². The van der Waals surface area contributed by atoms with E-state index in [4.69, 9.17) is 4.74 Å². The molecule has 5 rings (SSSR count). The average Bonchev–Trinajstić information content (AvgIpc) is 3.39. The lowest BCUT2D eigenvalue weighted by molar-refractivity contribution is 0.0666.